The first-order chi connectivity index (χ1) is 13.2. The van der Waals surface area contributed by atoms with Crippen molar-refractivity contribution < 1.29 is 4.57 Å². The normalized spacial score (nSPS) is 27.4. The molecule has 3 unspecified atom stereocenters. The molecule has 5 rings (SSSR count). The summed E-state index contributed by atoms with van der Waals surface area (Å²) in [5.74, 6) is 1.76. The molecule has 1 aliphatic carbocycles. The molecule has 1 aromatic heterocycles. The summed E-state index contributed by atoms with van der Waals surface area (Å²) in [6, 6.07) is 19.8. The van der Waals surface area contributed by atoms with Crippen molar-refractivity contribution in [3.8, 4) is 22.5 Å². The van der Waals surface area contributed by atoms with E-state index in [1.165, 1.54) is 41.5 Å². The maximum Gasteiger partial charge on any atom is 0.330 e. The average Bonchev–Trinajstić information content (AvgIpc) is 3.28. The zero-order valence-electron chi connectivity index (χ0n) is 16.4. The molecule has 2 heterocycles. The minimum absolute atomic E-state index is 0.182. The van der Waals surface area contributed by atoms with Crippen molar-refractivity contribution in [1.29, 1.82) is 0 Å². The Morgan fingerprint density at radius 1 is 1.00 bits per heavy atom. The van der Waals surface area contributed by atoms with Crippen molar-refractivity contribution in [2.45, 2.75) is 51.0 Å². The van der Waals surface area contributed by atoms with E-state index in [1.54, 1.807) is 0 Å². The summed E-state index contributed by atoms with van der Waals surface area (Å²) in [5.41, 5.74) is 5.77. The fourth-order valence-electron chi connectivity index (χ4n) is 6.25. The molecule has 3 atom stereocenters. The van der Waals surface area contributed by atoms with E-state index in [2.05, 4.69) is 86.1 Å². The van der Waals surface area contributed by atoms with E-state index in [0.717, 1.165) is 5.82 Å². The van der Waals surface area contributed by atoms with Crippen LogP contribution in [0.1, 0.15) is 45.6 Å². The standard InChI is InChI=1S/C25H27N2/c1-4-14-25-18(3)24(25,5-2)22-13-12-20(19-10-7-6-8-11-19)17-21(22)23-26-15-9-16-27(23)25/h6-13,15-18H,4-5,14H2,1-3H3/q+1. The predicted molar refractivity (Wildman–Crippen MR) is 109 cm³/mol. The van der Waals surface area contributed by atoms with Gasteiger partial charge < -0.3 is 0 Å². The smallest absolute Gasteiger partial charge is 0.224 e. The zero-order chi connectivity index (χ0) is 18.6. The minimum Gasteiger partial charge on any atom is -0.224 e. The van der Waals surface area contributed by atoms with Crippen molar-refractivity contribution >= 4 is 0 Å². The van der Waals surface area contributed by atoms with Crippen molar-refractivity contribution in [3.05, 3.63) is 72.6 Å². The molecule has 2 aliphatic rings. The number of nitrogens with zero attached hydrogens (tertiary/aromatic N) is 2. The van der Waals surface area contributed by atoms with Crippen LogP contribution in [0.2, 0.25) is 0 Å². The van der Waals surface area contributed by atoms with E-state index >= 15 is 0 Å². The Labute approximate surface area is 161 Å². The fourth-order valence-corrected chi connectivity index (χ4v) is 6.25. The van der Waals surface area contributed by atoms with Crippen LogP contribution in [0.15, 0.2) is 67.0 Å². The third-order valence-electron chi connectivity index (χ3n) is 7.36. The first-order valence-corrected chi connectivity index (χ1v) is 10.3. The first kappa shape index (κ1) is 16.7. The van der Waals surface area contributed by atoms with E-state index in [0.29, 0.717) is 5.92 Å². The quantitative estimate of drug-likeness (QED) is 0.564. The highest BCUT2D eigenvalue weighted by molar-refractivity contribution is 5.75. The van der Waals surface area contributed by atoms with Gasteiger partial charge in [-0.1, -0.05) is 69.7 Å². The lowest BCUT2D eigenvalue weighted by atomic mass is 9.79. The van der Waals surface area contributed by atoms with E-state index < -0.39 is 0 Å². The van der Waals surface area contributed by atoms with Crippen LogP contribution in [-0.4, -0.2) is 4.98 Å². The molecule has 2 nitrogen and oxygen atoms in total. The second kappa shape index (κ2) is 5.76. The van der Waals surface area contributed by atoms with Crippen LogP contribution in [0.25, 0.3) is 22.5 Å². The van der Waals surface area contributed by atoms with E-state index in [9.17, 15) is 0 Å². The molecule has 3 aromatic rings. The summed E-state index contributed by atoms with van der Waals surface area (Å²) in [4.78, 5) is 4.86. The Morgan fingerprint density at radius 3 is 2.56 bits per heavy atom. The summed E-state index contributed by atoms with van der Waals surface area (Å²) in [7, 11) is 0. The number of benzene rings is 2. The van der Waals surface area contributed by atoms with E-state index in [1.807, 2.05) is 6.20 Å². The third kappa shape index (κ3) is 1.91. The van der Waals surface area contributed by atoms with Gasteiger partial charge in [-0.2, -0.15) is 0 Å². The lowest BCUT2D eigenvalue weighted by Gasteiger charge is -2.30. The highest BCUT2D eigenvalue weighted by atomic mass is 15.2. The van der Waals surface area contributed by atoms with Crippen LogP contribution in [-0.2, 0) is 11.0 Å². The van der Waals surface area contributed by atoms with Gasteiger partial charge in [-0.3, -0.25) is 0 Å². The highest BCUT2D eigenvalue weighted by Crippen LogP contribution is 2.71. The maximum atomic E-state index is 4.86. The van der Waals surface area contributed by atoms with Crippen molar-refractivity contribution in [2.75, 3.05) is 0 Å². The lowest BCUT2D eigenvalue weighted by molar-refractivity contribution is -0.741. The van der Waals surface area contributed by atoms with Gasteiger partial charge in [-0.25, -0.2) is 4.57 Å². The van der Waals surface area contributed by atoms with Gasteiger partial charge in [0.25, 0.3) is 0 Å². The second-order valence-electron chi connectivity index (χ2n) is 8.16. The molecule has 0 N–H and O–H groups in total. The fraction of sp³-hybridized carbons (Fsp3) is 0.360. The number of aromatic nitrogens is 2. The molecule has 1 saturated carbocycles. The Bertz CT molecular complexity index is 1010. The zero-order valence-corrected chi connectivity index (χ0v) is 16.4. The van der Waals surface area contributed by atoms with Crippen molar-refractivity contribution in [3.63, 3.8) is 0 Å². The Hall–Kier alpha value is -2.48. The van der Waals surface area contributed by atoms with Crippen molar-refractivity contribution in [2.24, 2.45) is 5.92 Å². The molecule has 2 heteroatoms. The number of rotatable bonds is 4. The van der Waals surface area contributed by atoms with Crippen LogP contribution in [0.5, 0.6) is 0 Å². The number of hydrogen-bond acceptors (Lipinski definition) is 1. The molecule has 0 saturated heterocycles. The summed E-state index contributed by atoms with van der Waals surface area (Å²) in [6.07, 6.45) is 7.80. The topological polar surface area (TPSA) is 16.8 Å². The van der Waals surface area contributed by atoms with Gasteiger partial charge in [0, 0.05) is 17.4 Å². The first-order valence-electron chi connectivity index (χ1n) is 10.3. The average molecular weight is 356 g/mol. The monoisotopic (exact) mass is 355 g/mol. The molecule has 0 radical (unpaired) electrons. The third-order valence-corrected chi connectivity index (χ3v) is 7.36. The number of hydrogen-bond donors (Lipinski definition) is 0. The molecule has 0 amide bonds. The van der Waals surface area contributed by atoms with Crippen LogP contribution < -0.4 is 4.57 Å². The summed E-state index contributed by atoms with van der Waals surface area (Å²) >= 11 is 0. The Kier molecular flexibility index (Phi) is 3.56. The molecule has 2 aromatic carbocycles. The number of fused-ring (bicyclic) bond motifs is 6. The maximum absolute atomic E-state index is 4.86. The largest absolute Gasteiger partial charge is 0.330 e. The molecule has 27 heavy (non-hydrogen) atoms. The van der Waals surface area contributed by atoms with Gasteiger partial charge >= 0.3 is 5.82 Å². The predicted octanol–water partition coefficient (Wildman–Crippen LogP) is 5.51. The van der Waals surface area contributed by atoms with Crippen LogP contribution >= 0.6 is 0 Å². The Balaban J connectivity index is 1.79. The molecule has 0 spiro atoms. The summed E-state index contributed by atoms with van der Waals surface area (Å²) in [5, 5.41) is 0. The Morgan fingerprint density at radius 2 is 1.81 bits per heavy atom. The van der Waals surface area contributed by atoms with Crippen LogP contribution in [0.4, 0.5) is 0 Å². The highest BCUT2D eigenvalue weighted by Gasteiger charge is 2.80. The summed E-state index contributed by atoms with van der Waals surface area (Å²) < 4.78 is 2.52. The van der Waals surface area contributed by atoms with Crippen LogP contribution in [0, 0.1) is 5.92 Å². The van der Waals surface area contributed by atoms with Gasteiger partial charge in [0.15, 0.2) is 0 Å². The lowest BCUT2D eigenvalue weighted by Crippen LogP contribution is -2.55. The molecular formula is C25H27N2+. The van der Waals surface area contributed by atoms with Gasteiger partial charge in [-0.05, 0) is 40.6 Å². The van der Waals surface area contributed by atoms with E-state index in [4.69, 9.17) is 4.98 Å². The minimum atomic E-state index is 0.182. The van der Waals surface area contributed by atoms with Gasteiger partial charge in [-0.15, -0.1) is 0 Å². The van der Waals surface area contributed by atoms with Gasteiger partial charge in [0.05, 0.1) is 11.8 Å². The van der Waals surface area contributed by atoms with Gasteiger partial charge in [0.1, 0.15) is 11.7 Å². The van der Waals surface area contributed by atoms with Crippen molar-refractivity contribution in [1.82, 2.24) is 4.98 Å². The molecule has 0 bridgehead atoms. The van der Waals surface area contributed by atoms with Crippen LogP contribution in [0.3, 0.4) is 0 Å². The summed E-state index contributed by atoms with van der Waals surface area (Å²) in [6.45, 7) is 7.12. The SMILES string of the molecule is CCCC12C(C)C1(CC)c1ccc(-c3ccccc3)cc1-c1nccc[n+]12. The molecule has 1 aliphatic heterocycles. The molecule has 136 valence electrons. The van der Waals surface area contributed by atoms with E-state index in [-0.39, 0.29) is 11.0 Å². The molecule has 1 fully saturated rings. The van der Waals surface area contributed by atoms with Gasteiger partial charge in [0.2, 0.25) is 0 Å². The molecular weight excluding hydrogens is 328 g/mol. The second-order valence-corrected chi connectivity index (χ2v) is 8.16.